The molecule has 0 aliphatic carbocycles. The maximum atomic E-state index is 13.1. The molecule has 0 radical (unpaired) electrons. The summed E-state index contributed by atoms with van der Waals surface area (Å²) in [5.74, 6) is 1.60. The topological polar surface area (TPSA) is 67.8 Å². The molecular formula is C27H33F3N6O. The number of hydrogen-bond acceptors (Lipinski definition) is 7. The Bertz CT molecular complexity index is 1190. The highest BCUT2D eigenvalue weighted by molar-refractivity contribution is 5.98. The number of aromatic nitrogens is 2. The van der Waals surface area contributed by atoms with E-state index in [1.165, 1.54) is 12.1 Å². The number of nitrogens with one attached hydrogen (secondary N) is 1. The fourth-order valence-electron chi connectivity index (χ4n) is 5.15. The van der Waals surface area contributed by atoms with Gasteiger partial charge in [-0.25, -0.2) is 0 Å². The number of aliphatic hydroxyl groups excluding tert-OH is 1. The van der Waals surface area contributed by atoms with E-state index in [1.54, 1.807) is 6.07 Å². The molecule has 0 spiro atoms. The molecule has 2 saturated heterocycles. The van der Waals surface area contributed by atoms with E-state index < -0.39 is 11.7 Å². The largest absolute Gasteiger partial charge is 0.416 e. The van der Waals surface area contributed by atoms with Crippen molar-refractivity contribution in [1.82, 2.24) is 20.0 Å². The van der Waals surface area contributed by atoms with Crippen LogP contribution in [0.15, 0.2) is 48.5 Å². The lowest BCUT2D eigenvalue weighted by Gasteiger charge is -2.35. The number of halogens is 3. The zero-order valence-electron chi connectivity index (χ0n) is 20.8. The lowest BCUT2D eigenvalue weighted by molar-refractivity contribution is -0.137. The Morgan fingerprint density at radius 1 is 0.865 bits per heavy atom. The zero-order chi connectivity index (χ0) is 25.8. The minimum atomic E-state index is -4.33. The van der Waals surface area contributed by atoms with Crippen LogP contribution in [0.3, 0.4) is 0 Å². The van der Waals surface area contributed by atoms with Crippen molar-refractivity contribution in [3.05, 3.63) is 59.7 Å². The predicted molar refractivity (Wildman–Crippen MR) is 139 cm³/mol. The lowest BCUT2D eigenvalue weighted by atomic mass is 10.1. The van der Waals surface area contributed by atoms with E-state index in [0.29, 0.717) is 12.1 Å². The monoisotopic (exact) mass is 514 g/mol. The molecule has 3 aromatic rings. The molecular weight excluding hydrogens is 481 g/mol. The smallest absolute Gasteiger partial charge is 0.393 e. The Morgan fingerprint density at radius 2 is 1.59 bits per heavy atom. The van der Waals surface area contributed by atoms with Crippen LogP contribution in [-0.4, -0.2) is 83.6 Å². The fraction of sp³-hybridized carbons (Fsp3) is 0.481. The van der Waals surface area contributed by atoms with Gasteiger partial charge in [-0.1, -0.05) is 42.5 Å². The normalized spacial score (nSPS) is 18.4. The zero-order valence-corrected chi connectivity index (χ0v) is 20.8. The summed E-state index contributed by atoms with van der Waals surface area (Å²) in [7, 11) is 0. The summed E-state index contributed by atoms with van der Waals surface area (Å²) < 4.78 is 39.2. The number of aliphatic hydroxyl groups is 1. The van der Waals surface area contributed by atoms with Crippen molar-refractivity contribution in [1.29, 1.82) is 0 Å². The van der Waals surface area contributed by atoms with Crippen LogP contribution in [0.4, 0.5) is 24.8 Å². The molecule has 0 unspecified atom stereocenters. The number of hydrogen-bond donors (Lipinski definition) is 2. The maximum Gasteiger partial charge on any atom is 0.416 e. The van der Waals surface area contributed by atoms with Crippen molar-refractivity contribution < 1.29 is 18.3 Å². The second-order valence-corrected chi connectivity index (χ2v) is 9.88. The number of piperidine rings is 1. The molecule has 7 nitrogen and oxygen atoms in total. The lowest BCUT2D eigenvalue weighted by Crippen LogP contribution is -2.46. The van der Waals surface area contributed by atoms with Crippen molar-refractivity contribution >= 4 is 22.4 Å². The van der Waals surface area contributed by atoms with E-state index in [9.17, 15) is 18.3 Å². The number of likely N-dealkylation sites (tertiary alicyclic amines) is 1. The molecule has 2 N–H and O–H groups in total. The van der Waals surface area contributed by atoms with Crippen molar-refractivity contribution in [2.45, 2.75) is 31.7 Å². The molecule has 2 aliphatic heterocycles. The van der Waals surface area contributed by atoms with Crippen molar-refractivity contribution in [3.8, 4) is 0 Å². The number of piperazine rings is 1. The summed E-state index contributed by atoms with van der Waals surface area (Å²) in [6, 6.07) is 13.7. The van der Waals surface area contributed by atoms with Crippen LogP contribution in [0.25, 0.3) is 10.8 Å². The van der Waals surface area contributed by atoms with Crippen LogP contribution >= 0.6 is 0 Å². The summed E-state index contributed by atoms with van der Waals surface area (Å²) in [5.41, 5.74) is 0.0680. The quantitative estimate of drug-likeness (QED) is 0.497. The number of anilines is 2. The molecule has 0 amide bonds. The third kappa shape index (κ3) is 6.31. The molecule has 0 bridgehead atoms. The number of nitrogens with zero attached hydrogens (tertiary/aromatic N) is 5. The third-order valence-corrected chi connectivity index (χ3v) is 7.28. The van der Waals surface area contributed by atoms with Crippen LogP contribution < -0.4 is 10.2 Å². The summed E-state index contributed by atoms with van der Waals surface area (Å²) in [5, 5.41) is 24.3. The van der Waals surface area contributed by atoms with Gasteiger partial charge in [0.2, 0.25) is 0 Å². The van der Waals surface area contributed by atoms with E-state index in [-0.39, 0.29) is 6.10 Å². The summed E-state index contributed by atoms with van der Waals surface area (Å²) in [6.07, 6.45) is -2.85. The molecule has 198 valence electrons. The molecule has 2 aromatic carbocycles. The van der Waals surface area contributed by atoms with Gasteiger partial charge >= 0.3 is 6.18 Å². The molecule has 0 saturated carbocycles. The minimum absolute atomic E-state index is 0.172. The molecule has 2 aliphatic rings. The molecule has 10 heteroatoms. The Morgan fingerprint density at radius 3 is 2.32 bits per heavy atom. The highest BCUT2D eigenvalue weighted by Crippen LogP contribution is 2.31. The second-order valence-electron chi connectivity index (χ2n) is 9.88. The predicted octanol–water partition coefficient (Wildman–Crippen LogP) is 3.84. The van der Waals surface area contributed by atoms with Gasteiger partial charge in [0.25, 0.3) is 0 Å². The average Bonchev–Trinajstić information content (AvgIpc) is 2.90. The molecule has 37 heavy (non-hydrogen) atoms. The Balaban J connectivity index is 1.20. The molecule has 2 fully saturated rings. The Kier molecular flexibility index (Phi) is 7.78. The van der Waals surface area contributed by atoms with Crippen molar-refractivity contribution in [3.63, 3.8) is 0 Å². The summed E-state index contributed by atoms with van der Waals surface area (Å²) >= 11 is 0. The number of rotatable bonds is 7. The van der Waals surface area contributed by atoms with Gasteiger partial charge in [0, 0.05) is 69.7 Å². The first kappa shape index (κ1) is 25.7. The Labute approximate surface area is 214 Å². The first-order valence-electron chi connectivity index (χ1n) is 12.9. The van der Waals surface area contributed by atoms with Gasteiger partial charge < -0.3 is 20.2 Å². The highest BCUT2D eigenvalue weighted by Gasteiger charge is 2.30. The van der Waals surface area contributed by atoms with E-state index in [4.69, 9.17) is 0 Å². The summed E-state index contributed by atoms with van der Waals surface area (Å²) in [6.45, 7) is 6.87. The Hall–Kier alpha value is -2.95. The van der Waals surface area contributed by atoms with E-state index in [0.717, 1.165) is 93.7 Å². The number of benzene rings is 2. The SMILES string of the molecule is OC1CCN(CCNc2nnc(N3CCN(Cc4cccc(C(F)(F)F)c4)CC3)c3ccccc23)CC1. The van der Waals surface area contributed by atoms with Crippen LogP contribution in [-0.2, 0) is 12.7 Å². The molecule has 1 aromatic heterocycles. The van der Waals surface area contributed by atoms with Gasteiger partial charge in [-0.2, -0.15) is 13.2 Å². The third-order valence-electron chi connectivity index (χ3n) is 7.28. The fourth-order valence-corrected chi connectivity index (χ4v) is 5.15. The molecule has 5 rings (SSSR count). The van der Waals surface area contributed by atoms with Gasteiger partial charge in [-0.15, -0.1) is 10.2 Å². The van der Waals surface area contributed by atoms with E-state index in [2.05, 4.69) is 42.3 Å². The van der Waals surface area contributed by atoms with Crippen LogP contribution in [0.2, 0.25) is 0 Å². The standard InChI is InChI=1S/C27H33F3N6O/c28-27(29,30)21-5-3-4-20(18-21)19-35-14-16-36(17-15-35)26-24-7-2-1-6-23(24)25(32-33-26)31-10-13-34-11-8-22(37)9-12-34/h1-7,18,22,37H,8-17,19H2,(H,31,32). The highest BCUT2D eigenvalue weighted by atomic mass is 19.4. The van der Waals surface area contributed by atoms with E-state index >= 15 is 0 Å². The average molecular weight is 515 g/mol. The van der Waals surface area contributed by atoms with Crippen LogP contribution in [0.5, 0.6) is 0 Å². The van der Waals surface area contributed by atoms with Gasteiger partial charge in [-0.05, 0) is 24.5 Å². The van der Waals surface area contributed by atoms with E-state index in [1.807, 2.05) is 12.1 Å². The van der Waals surface area contributed by atoms with Crippen molar-refractivity contribution in [2.24, 2.45) is 0 Å². The van der Waals surface area contributed by atoms with Crippen molar-refractivity contribution in [2.75, 3.05) is 62.6 Å². The second kappa shape index (κ2) is 11.2. The van der Waals surface area contributed by atoms with Crippen LogP contribution in [0.1, 0.15) is 24.0 Å². The number of alkyl halides is 3. The van der Waals surface area contributed by atoms with Crippen LogP contribution in [0, 0.1) is 0 Å². The van der Waals surface area contributed by atoms with Gasteiger partial charge in [-0.3, -0.25) is 4.90 Å². The summed E-state index contributed by atoms with van der Waals surface area (Å²) in [4.78, 5) is 6.74. The molecule has 0 atom stereocenters. The minimum Gasteiger partial charge on any atom is -0.393 e. The van der Waals surface area contributed by atoms with Gasteiger partial charge in [0.15, 0.2) is 11.6 Å². The first-order chi connectivity index (χ1) is 17.9. The first-order valence-corrected chi connectivity index (χ1v) is 12.9. The number of fused-ring (bicyclic) bond motifs is 1. The van der Waals surface area contributed by atoms with Gasteiger partial charge in [0.1, 0.15) is 0 Å². The maximum absolute atomic E-state index is 13.1. The molecule has 3 heterocycles. The van der Waals surface area contributed by atoms with Gasteiger partial charge in [0.05, 0.1) is 11.7 Å².